The fraction of sp³-hybridized carbons (Fsp3) is 0.636. The first-order valence-corrected chi connectivity index (χ1v) is 5.79. The molecule has 94 valence electrons. The van der Waals surface area contributed by atoms with Gasteiger partial charge in [-0.1, -0.05) is 0 Å². The van der Waals surface area contributed by atoms with Crippen molar-refractivity contribution >= 4 is 12.0 Å². The summed E-state index contributed by atoms with van der Waals surface area (Å²) in [6, 6.07) is 0.943. The van der Waals surface area contributed by atoms with Gasteiger partial charge in [0.25, 0.3) is 6.01 Å². The Balaban J connectivity index is 2.01. The molecule has 1 N–H and O–H groups in total. The first-order chi connectivity index (χ1) is 8.24. The number of carbonyl (C=O) groups is 1. The van der Waals surface area contributed by atoms with E-state index in [2.05, 4.69) is 10.3 Å². The summed E-state index contributed by atoms with van der Waals surface area (Å²) >= 11 is 0. The number of nitrogens with zero attached hydrogens (tertiary/aromatic N) is 2. The molecule has 1 saturated heterocycles. The van der Waals surface area contributed by atoms with E-state index in [1.165, 1.54) is 6.26 Å². The largest absolute Gasteiger partial charge is 0.461 e. The predicted octanol–water partition coefficient (Wildman–Crippen LogP) is 0.649. The van der Waals surface area contributed by atoms with Crippen LogP contribution in [0.3, 0.4) is 0 Å². The molecule has 1 aromatic rings. The van der Waals surface area contributed by atoms with Crippen LogP contribution < -0.4 is 10.2 Å². The molecular weight excluding hydrogens is 222 g/mol. The highest BCUT2D eigenvalue weighted by molar-refractivity contribution is 5.87. The summed E-state index contributed by atoms with van der Waals surface area (Å²) in [5, 5.41) is 3.21. The van der Waals surface area contributed by atoms with Gasteiger partial charge in [-0.3, -0.25) is 0 Å². The number of oxazole rings is 1. The Morgan fingerprint density at radius 2 is 2.59 bits per heavy atom. The number of nitrogens with one attached hydrogen (secondary N) is 1. The van der Waals surface area contributed by atoms with Gasteiger partial charge in [0.1, 0.15) is 6.26 Å². The number of hydrogen-bond acceptors (Lipinski definition) is 6. The van der Waals surface area contributed by atoms with Crippen LogP contribution in [-0.4, -0.2) is 43.7 Å². The first-order valence-electron chi connectivity index (χ1n) is 5.79. The normalized spacial score (nSPS) is 19.6. The number of rotatable bonds is 4. The summed E-state index contributed by atoms with van der Waals surface area (Å²) in [4.78, 5) is 17.6. The summed E-state index contributed by atoms with van der Waals surface area (Å²) in [6.07, 6.45) is 2.40. The fourth-order valence-electron chi connectivity index (χ4n) is 1.88. The summed E-state index contributed by atoms with van der Waals surface area (Å²) < 4.78 is 10.1. The second kappa shape index (κ2) is 5.18. The van der Waals surface area contributed by atoms with E-state index >= 15 is 0 Å². The summed E-state index contributed by atoms with van der Waals surface area (Å²) in [5.74, 6) is -0.438. The zero-order chi connectivity index (χ0) is 12.3. The molecule has 2 rings (SSSR count). The van der Waals surface area contributed by atoms with Gasteiger partial charge in [-0.25, -0.2) is 4.79 Å². The van der Waals surface area contributed by atoms with Gasteiger partial charge in [0.05, 0.1) is 6.61 Å². The summed E-state index contributed by atoms with van der Waals surface area (Å²) in [7, 11) is 1.94. The van der Waals surface area contributed by atoms with Crippen molar-refractivity contribution in [3.63, 3.8) is 0 Å². The third kappa shape index (κ3) is 2.58. The van der Waals surface area contributed by atoms with Crippen LogP contribution in [0.15, 0.2) is 10.7 Å². The van der Waals surface area contributed by atoms with Crippen molar-refractivity contribution in [1.82, 2.24) is 10.3 Å². The molecule has 6 heteroatoms. The van der Waals surface area contributed by atoms with E-state index in [4.69, 9.17) is 9.15 Å². The minimum Gasteiger partial charge on any atom is -0.461 e. The van der Waals surface area contributed by atoms with E-state index in [-0.39, 0.29) is 5.69 Å². The molecule has 1 atom stereocenters. The molecule has 0 radical (unpaired) electrons. The Morgan fingerprint density at radius 3 is 3.24 bits per heavy atom. The molecule has 6 nitrogen and oxygen atoms in total. The number of ether oxygens (including phenoxy) is 1. The van der Waals surface area contributed by atoms with Gasteiger partial charge in [0.2, 0.25) is 0 Å². The molecule has 1 unspecified atom stereocenters. The molecule has 1 aliphatic rings. The van der Waals surface area contributed by atoms with Crippen molar-refractivity contribution in [2.24, 2.45) is 0 Å². The van der Waals surface area contributed by atoms with Crippen molar-refractivity contribution in [3.05, 3.63) is 12.0 Å². The Kier molecular flexibility index (Phi) is 3.63. The van der Waals surface area contributed by atoms with E-state index in [9.17, 15) is 4.79 Å². The molecule has 17 heavy (non-hydrogen) atoms. The van der Waals surface area contributed by atoms with Crippen molar-refractivity contribution in [2.75, 3.05) is 31.6 Å². The highest BCUT2D eigenvalue weighted by Crippen LogP contribution is 2.19. The van der Waals surface area contributed by atoms with Crippen LogP contribution in [0.5, 0.6) is 0 Å². The molecule has 1 aliphatic heterocycles. The van der Waals surface area contributed by atoms with Gasteiger partial charge in [0.15, 0.2) is 5.69 Å². The Morgan fingerprint density at radius 1 is 1.76 bits per heavy atom. The van der Waals surface area contributed by atoms with Gasteiger partial charge in [-0.15, -0.1) is 0 Å². The lowest BCUT2D eigenvalue weighted by molar-refractivity contribution is 0.0519. The highest BCUT2D eigenvalue weighted by atomic mass is 16.5. The van der Waals surface area contributed by atoms with Gasteiger partial charge in [-0.2, -0.15) is 4.98 Å². The van der Waals surface area contributed by atoms with Crippen LogP contribution in [-0.2, 0) is 4.74 Å². The van der Waals surface area contributed by atoms with Crippen LogP contribution in [0.2, 0.25) is 0 Å². The molecule has 0 aromatic carbocycles. The summed E-state index contributed by atoms with van der Waals surface area (Å²) in [6.45, 7) is 3.83. The first kappa shape index (κ1) is 11.9. The SMILES string of the molecule is CCOC(=O)c1coc(N2CCC(NC)C2)n1. The molecular formula is C11H17N3O3. The molecule has 2 heterocycles. The van der Waals surface area contributed by atoms with Crippen molar-refractivity contribution < 1.29 is 13.9 Å². The predicted molar refractivity (Wildman–Crippen MR) is 62.1 cm³/mol. The third-order valence-corrected chi connectivity index (χ3v) is 2.84. The minimum absolute atomic E-state index is 0.231. The van der Waals surface area contributed by atoms with E-state index in [1.54, 1.807) is 6.92 Å². The molecule has 1 fully saturated rings. The standard InChI is InChI=1S/C11H17N3O3/c1-3-16-10(15)9-7-17-11(13-9)14-5-4-8(6-14)12-2/h7-8,12H,3-6H2,1-2H3. The van der Waals surface area contributed by atoms with Crippen LogP contribution in [0.4, 0.5) is 6.01 Å². The monoisotopic (exact) mass is 239 g/mol. The van der Waals surface area contributed by atoms with Crippen molar-refractivity contribution in [1.29, 1.82) is 0 Å². The lowest BCUT2D eigenvalue weighted by Gasteiger charge is -2.12. The van der Waals surface area contributed by atoms with Crippen molar-refractivity contribution in [3.8, 4) is 0 Å². The van der Waals surface area contributed by atoms with E-state index < -0.39 is 5.97 Å². The van der Waals surface area contributed by atoms with Gasteiger partial charge in [-0.05, 0) is 20.4 Å². The van der Waals surface area contributed by atoms with Crippen LogP contribution in [0.25, 0.3) is 0 Å². The maximum absolute atomic E-state index is 11.4. The topological polar surface area (TPSA) is 67.6 Å². The third-order valence-electron chi connectivity index (χ3n) is 2.84. The maximum Gasteiger partial charge on any atom is 0.360 e. The molecule has 0 amide bonds. The second-order valence-electron chi connectivity index (χ2n) is 3.96. The molecule has 1 aromatic heterocycles. The van der Waals surface area contributed by atoms with E-state index in [0.717, 1.165) is 19.5 Å². The van der Waals surface area contributed by atoms with Gasteiger partial charge < -0.3 is 19.4 Å². The average Bonchev–Trinajstić information content (AvgIpc) is 2.98. The average molecular weight is 239 g/mol. The molecule has 0 bridgehead atoms. The Hall–Kier alpha value is -1.56. The quantitative estimate of drug-likeness (QED) is 0.778. The number of anilines is 1. The Bertz CT molecular complexity index is 391. The second-order valence-corrected chi connectivity index (χ2v) is 3.96. The number of likely N-dealkylation sites (N-methyl/N-ethyl adjacent to an activating group) is 1. The van der Waals surface area contributed by atoms with E-state index in [1.807, 2.05) is 11.9 Å². The fourth-order valence-corrected chi connectivity index (χ4v) is 1.88. The van der Waals surface area contributed by atoms with Crippen LogP contribution in [0.1, 0.15) is 23.8 Å². The van der Waals surface area contributed by atoms with Crippen LogP contribution >= 0.6 is 0 Å². The molecule has 0 saturated carbocycles. The maximum atomic E-state index is 11.4. The number of carbonyl (C=O) groups excluding carboxylic acids is 1. The number of hydrogen-bond donors (Lipinski definition) is 1. The minimum atomic E-state index is -0.438. The lowest BCUT2D eigenvalue weighted by atomic mass is 10.3. The smallest absolute Gasteiger partial charge is 0.360 e. The Labute approximate surface area is 99.9 Å². The van der Waals surface area contributed by atoms with E-state index in [0.29, 0.717) is 18.7 Å². The number of esters is 1. The molecule has 0 spiro atoms. The zero-order valence-electron chi connectivity index (χ0n) is 10.1. The highest BCUT2D eigenvalue weighted by Gasteiger charge is 2.25. The number of aromatic nitrogens is 1. The van der Waals surface area contributed by atoms with Gasteiger partial charge in [0, 0.05) is 19.1 Å². The summed E-state index contributed by atoms with van der Waals surface area (Å²) in [5.41, 5.74) is 0.231. The lowest BCUT2D eigenvalue weighted by Crippen LogP contribution is -2.29. The van der Waals surface area contributed by atoms with Gasteiger partial charge >= 0.3 is 5.97 Å². The molecule has 0 aliphatic carbocycles. The zero-order valence-corrected chi connectivity index (χ0v) is 10.1. The van der Waals surface area contributed by atoms with Crippen LogP contribution in [0, 0.1) is 0 Å². The van der Waals surface area contributed by atoms with Crippen molar-refractivity contribution in [2.45, 2.75) is 19.4 Å².